The summed E-state index contributed by atoms with van der Waals surface area (Å²) in [6, 6.07) is 6.32. The molecule has 8 nitrogen and oxygen atoms in total. The van der Waals surface area contributed by atoms with E-state index in [4.69, 9.17) is 14.6 Å². The van der Waals surface area contributed by atoms with Gasteiger partial charge in [-0.25, -0.2) is 10.2 Å². The van der Waals surface area contributed by atoms with E-state index in [-0.39, 0.29) is 11.5 Å². The molecule has 8 heteroatoms. The minimum atomic E-state index is -1.53. The molecule has 1 saturated carbocycles. The molecule has 0 bridgehead atoms. The maximum absolute atomic E-state index is 11.2. The average molecular weight is 375 g/mol. The first kappa shape index (κ1) is 19.2. The minimum Gasteiger partial charge on any atom is -0.493 e. The highest BCUT2D eigenvalue weighted by Crippen LogP contribution is 2.49. The van der Waals surface area contributed by atoms with Crippen molar-refractivity contribution in [3.8, 4) is 11.5 Å². The Labute approximate surface area is 158 Å². The van der Waals surface area contributed by atoms with Gasteiger partial charge in [0.1, 0.15) is 0 Å². The van der Waals surface area contributed by atoms with Crippen LogP contribution in [0, 0.1) is 0 Å². The molecule has 1 amide bonds. The van der Waals surface area contributed by atoms with Crippen LogP contribution in [0.15, 0.2) is 23.3 Å². The number of ether oxygens (including phenoxy) is 2. The van der Waals surface area contributed by atoms with Gasteiger partial charge >= 0.3 is 11.9 Å². The van der Waals surface area contributed by atoms with Crippen LogP contribution in [-0.2, 0) is 15.0 Å². The number of carbonyl (C=O) groups is 2. The fraction of sp³-hybridized carbons (Fsp3) is 0.526. The van der Waals surface area contributed by atoms with Crippen LogP contribution in [0.3, 0.4) is 0 Å². The van der Waals surface area contributed by atoms with E-state index in [1.807, 2.05) is 6.07 Å². The number of nitrogens with zero attached hydrogens (tertiary/aromatic N) is 2. The third-order valence-corrected chi connectivity index (χ3v) is 5.84. The van der Waals surface area contributed by atoms with Gasteiger partial charge in [0.15, 0.2) is 11.5 Å². The number of amides is 1. The summed E-state index contributed by atoms with van der Waals surface area (Å²) in [5, 5.41) is 12.7. The van der Waals surface area contributed by atoms with E-state index in [1.165, 1.54) is 5.56 Å². The number of methoxy groups -OCH3 is 2. The Kier molecular flexibility index (Phi) is 5.36. The zero-order chi connectivity index (χ0) is 19.6. The van der Waals surface area contributed by atoms with E-state index in [2.05, 4.69) is 34.6 Å². The molecule has 2 fully saturated rings. The molecular formula is C19H25N3O5. The van der Waals surface area contributed by atoms with Crippen molar-refractivity contribution in [3.63, 3.8) is 0 Å². The number of benzene rings is 1. The van der Waals surface area contributed by atoms with Gasteiger partial charge in [0, 0.05) is 23.6 Å². The molecule has 1 heterocycles. The molecule has 27 heavy (non-hydrogen) atoms. The predicted octanol–water partition coefficient (Wildman–Crippen LogP) is 1.39. The Hall–Kier alpha value is -2.61. The number of hydrazone groups is 1. The van der Waals surface area contributed by atoms with Crippen LogP contribution in [0.1, 0.15) is 31.2 Å². The van der Waals surface area contributed by atoms with Gasteiger partial charge in [0.05, 0.1) is 14.2 Å². The minimum absolute atomic E-state index is 0.0237. The van der Waals surface area contributed by atoms with Crippen LogP contribution in [0.5, 0.6) is 11.5 Å². The first-order valence-electron chi connectivity index (χ1n) is 8.92. The fourth-order valence-corrected chi connectivity index (χ4v) is 4.36. The van der Waals surface area contributed by atoms with Crippen molar-refractivity contribution in [2.24, 2.45) is 5.10 Å². The van der Waals surface area contributed by atoms with Crippen molar-refractivity contribution < 1.29 is 24.2 Å². The molecule has 3 rings (SSSR count). The number of likely N-dealkylation sites (tertiary alicyclic amines) is 1. The summed E-state index contributed by atoms with van der Waals surface area (Å²) in [6.07, 6.45) is 3.29. The van der Waals surface area contributed by atoms with Crippen LogP contribution in [0.4, 0.5) is 0 Å². The lowest BCUT2D eigenvalue weighted by Gasteiger charge is -2.42. The summed E-state index contributed by atoms with van der Waals surface area (Å²) in [5.74, 6) is -1.23. The number of fused-ring (bicyclic) bond motifs is 1. The van der Waals surface area contributed by atoms with E-state index in [1.54, 1.807) is 14.2 Å². The van der Waals surface area contributed by atoms with Gasteiger partial charge in [0.25, 0.3) is 0 Å². The number of aliphatic carboxylic acids is 1. The smallest absolute Gasteiger partial charge is 0.396 e. The molecule has 146 valence electrons. The van der Waals surface area contributed by atoms with Crippen LogP contribution in [0.2, 0.25) is 0 Å². The van der Waals surface area contributed by atoms with Crippen LogP contribution in [-0.4, -0.2) is 61.4 Å². The van der Waals surface area contributed by atoms with Crippen molar-refractivity contribution in [2.45, 2.75) is 37.1 Å². The van der Waals surface area contributed by atoms with E-state index >= 15 is 0 Å². The fourth-order valence-electron chi connectivity index (χ4n) is 4.36. The highest BCUT2D eigenvalue weighted by Gasteiger charge is 2.49. The van der Waals surface area contributed by atoms with Crippen molar-refractivity contribution in [3.05, 3.63) is 23.8 Å². The van der Waals surface area contributed by atoms with E-state index in [9.17, 15) is 9.59 Å². The number of nitrogens with one attached hydrogen (secondary N) is 1. The van der Waals surface area contributed by atoms with Crippen LogP contribution in [0.25, 0.3) is 0 Å². The average Bonchev–Trinajstić information content (AvgIpc) is 3.02. The Bertz CT molecular complexity index is 779. The van der Waals surface area contributed by atoms with Gasteiger partial charge in [-0.1, -0.05) is 6.07 Å². The third kappa shape index (κ3) is 3.49. The largest absolute Gasteiger partial charge is 0.493 e. The molecule has 1 saturated heterocycles. The lowest BCUT2D eigenvalue weighted by molar-refractivity contribution is -0.150. The van der Waals surface area contributed by atoms with Gasteiger partial charge in [-0.05, 0) is 50.6 Å². The summed E-state index contributed by atoms with van der Waals surface area (Å²) in [4.78, 5) is 24.2. The Morgan fingerprint density at radius 3 is 2.67 bits per heavy atom. The summed E-state index contributed by atoms with van der Waals surface area (Å²) in [6.45, 7) is 0.966. The number of likely N-dealkylation sites (N-methyl/N-ethyl adjacent to an activating group) is 1. The van der Waals surface area contributed by atoms with Gasteiger partial charge in [0.2, 0.25) is 0 Å². The number of hydrogen-bond acceptors (Lipinski definition) is 6. The van der Waals surface area contributed by atoms with Gasteiger partial charge in [-0.2, -0.15) is 5.10 Å². The molecule has 2 N–H and O–H groups in total. The Morgan fingerprint density at radius 1 is 1.26 bits per heavy atom. The quantitative estimate of drug-likeness (QED) is 0.609. The molecule has 1 aliphatic heterocycles. The highest BCUT2D eigenvalue weighted by atomic mass is 16.5. The number of hydrogen-bond donors (Lipinski definition) is 2. The summed E-state index contributed by atoms with van der Waals surface area (Å²) < 4.78 is 10.8. The zero-order valence-corrected chi connectivity index (χ0v) is 15.8. The van der Waals surface area contributed by atoms with Crippen molar-refractivity contribution in [2.75, 3.05) is 27.8 Å². The molecule has 1 aromatic carbocycles. The Balaban J connectivity index is 1.87. The SMILES string of the molecule is COc1ccc(C23CC/C(=N\NC(=O)C(=O)O)CC2N(C)CC3)cc1OC. The van der Waals surface area contributed by atoms with E-state index < -0.39 is 11.9 Å². The standard InChI is InChI=1S/C19H25N3O5/c1-22-9-8-19(12-4-5-14(26-2)15(10-12)27-3)7-6-13(11-16(19)22)20-21-17(23)18(24)25/h4-5,10,16H,6-9,11H2,1-3H3,(H,21,23)(H,24,25)/b20-13+. The molecule has 0 spiro atoms. The molecule has 2 atom stereocenters. The van der Waals surface area contributed by atoms with Gasteiger partial charge < -0.3 is 19.5 Å². The van der Waals surface area contributed by atoms with E-state index in [0.29, 0.717) is 24.3 Å². The maximum Gasteiger partial charge on any atom is 0.396 e. The summed E-state index contributed by atoms with van der Waals surface area (Å²) in [7, 11) is 5.34. The number of carboxylic acid groups (broad SMARTS) is 1. The second kappa shape index (κ2) is 7.56. The van der Waals surface area contributed by atoms with Crippen molar-refractivity contribution in [1.29, 1.82) is 0 Å². The molecule has 0 radical (unpaired) electrons. The molecule has 1 aliphatic carbocycles. The molecular weight excluding hydrogens is 350 g/mol. The molecule has 0 aromatic heterocycles. The lowest BCUT2D eigenvalue weighted by atomic mass is 9.65. The van der Waals surface area contributed by atoms with Crippen LogP contribution < -0.4 is 14.9 Å². The van der Waals surface area contributed by atoms with Crippen LogP contribution >= 0.6 is 0 Å². The first-order valence-corrected chi connectivity index (χ1v) is 8.92. The maximum atomic E-state index is 11.2. The number of carbonyl (C=O) groups excluding carboxylic acids is 1. The predicted molar refractivity (Wildman–Crippen MR) is 99.3 cm³/mol. The van der Waals surface area contributed by atoms with Crippen molar-refractivity contribution >= 4 is 17.6 Å². The first-order chi connectivity index (χ1) is 12.9. The normalized spacial score (nSPS) is 26.5. The lowest BCUT2D eigenvalue weighted by Crippen LogP contribution is -2.46. The number of rotatable bonds is 4. The van der Waals surface area contributed by atoms with Gasteiger partial charge in [-0.15, -0.1) is 0 Å². The highest BCUT2D eigenvalue weighted by molar-refractivity contribution is 6.31. The second-order valence-electron chi connectivity index (χ2n) is 7.10. The summed E-state index contributed by atoms with van der Waals surface area (Å²) in [5.41, 5.74) is 4.13. The van der Waals surface area contributed by atoms with E-state index in [0.717, 1.165) is 25.1 Å². The zero-order valence-electron chi connectivity index (χ0n) is 15.8. The van der Waals surface area contributed by atoms with Gasteiger partial charge in [-0.3, -0.25) is 4.79 Å². The number of carboxylic acids is 1. The second-order valence-corrected chi connectivity index (χ2v) is 7.10. The topological polar surface area (TPSA) is 100 Å². The molecule has 1 aromatic rings. The molecule has 2 aliphatic rings. The Morgan fingerprint density at radius 2 is 2.00 bits per heavy atom. The van der Waals surface area contributed by atoms with Crippen molar-refractivity contribution in [1.82, 2.24) is 10.3 Å². The monoisotopic (exact) mass is 375 g/mol. The summed E-state index contributed by atoms with van der Waals surface area (Å²) >= 11 is 0. The molecule has 2 unspecified atom stereocenters. The third-order valence-electron chi connectivity index (χ3n) is 5.84.